The molecule has 2 rings (SSSR count). The Morgan fingerprint density at radius 3 is 2.50 bits per heavy atom. The smallest absolute Gasteiger partial charge is 0.161 e. The number of benzene rings is 1. The molecule has 1 heterocycles. The number of rotatable bonds is 7. The Hall–Kier alpha value is -1.26. The third kappa shape index (κ3) is 4.42. The van der Waals surface area contributed by atoms with Crippen LogP contribution in [-0.2, 0) is 6.54 Å². The van der Waals surface area contributed by atoms with Crippen molar-refractivity contribution in [2.45, 2.75) is 52.2 Å². The fraction of sp³-hybridized carbons (Fsp3) is 0.700. The third-order valence-corrected chi connectivity index (χ3v) is 5.34. The van der Waals surface area contributed by atoms with Crippen LogP contribution in [0.3, 0.4) is 0 Å². The van der Waals surface area contributed by atoms with E-state index in [4.69, 9.17) is 9.47 Å². The molecule has 1 aliphatic rings. The van der Waals surface area contributed by atoms with Crippen molar-refractivity contribution in [3.8, 4) is 11.5 Å². The minimum atomic E-state index is 0.626. The Morgan fingerprint density at radius 2 is 1.88 bits per heavy atom. The maximum atomic E-state index is 5.43. The predicted octanol–water partition coefficient (Wildman–Crippen LogP) is 3.64. The summed E-state index contributed by atoms with van der Waals surface area (Å²) in [6.07, 6.45) is 2.48. The van der Waals surface area contributed by atoms with E-state index in [9.17, 15) is 0 Å². The van der Waals surface area contributed by atoms with E-state index in [-0.39, 0.29) is 0 Å². The van der Waals surface area contributed by atoms with Gasteiger partial charge >= 0.3 is 0 Å². The molecule has 3 atom stereocenters. The van der Waals surface area contributed by atoms with Gasteiger partial charge in [-0.1, -0.05) is 19.9 Å². The molecule has 0 spiro atoms. The van der Waals surface area contributed by atoms with Crippen molar-refractivity contribution in [2.24, 2.45) is 5.92 Å². The predicted molar refractivity (Wildman–Crippen MR) is 99.9 cm³/mol. The van der Waals surface area contributed by atoms with Gasteiger partial charge in [0.25, 0.3) is 0 Å². The number of ether oxygens (including phenoxy) is 2. The summed E-state index contributed by atoms with van der Waals surface area (Å²) in [6.45, 7) is 10.4. The Kier molecular flexibility index (Phi) is 6.93. The van der Waals surface area contributed by atoms with Gasteiger partial charge in [-0.05, 0) is 57.0 Å². The van der Waals surface area contributed by atoms with Crippen LogP contribution in [-0.4, -0.2) is 56.2 Å². The maximum Gasteiger partial charge on any atom is 0.161 e. The zero-order valence-corrected chi connectivity index (χ0v) is 16.2. The molecule has 0 N–H and O–H groups in total. The summed E-state index contributed by atoms with van der Waals surface area (Å²) in [4.78, 5) is 5.15. The number of piperidine rings is 1. The molecule has 1 aliphatic heterocycles. The largest absolute Gasteiger partial charge is 0.493 e. The molecule has 24 heavy (non-hydrogen) atoms. The molecule has 0 aromatic heterocycles. The molecule has 3 unspecified atom stereocenters. The summed E-state index contributed by atoms with van der Waals surface area (Å²) in [5.74, 6) is 2.29. The minimum absolute atomic E-state index is 0.626. The number of likely N-dealkylation sites (tertiary alicyclic amines) is 1. The minimum Gasteiger partial charge on any atom is -0.493 e. The number of hydrogen-bond donors (Lipinski definition) is 0. The van der Waals surface area contributed by atoms with Crippen molar-refractivity contribution in [3.05, 3.63) is 23.8 Å². The van der Waals surface area contributed by atoms with Crippen LogP contribution in [0.5, 0.6) is 11.5 Å². The molecule has 1 aromatic rings. The average molecular weight is 335 g/mol. The van der Waals surface area contributed by atoms with Gasteiger partial charge < -0.3 is 14.4 Å². The monoisotopic (exact) mass is 334 g/mol. The van der Waals surface area contributed by atoms with E-state index in [1.807, 2.05) is 6.07 Å². The van der Waals surface area contributed by atoms with E-state index < -0.39 is 0 Å². The Morgan fingerprint density at radius 1 is 1.17 bits per heavy atom. The fourth-order valence-corrected chi connectivity index (χ4v) is 4.00. The maximum absolute atomic E-state index is 5.43. The zero-order chi connectivity index (χ0) is 17.7. The lowest BCUT2D eigenvalue weighted by atomic mass is 9.88. The zero-order valence-electron chi connectivity index (χ0n) is 16.2. The molecule has 0 aliphatic carbocycles. The lowest BCUT2D eigenvalue weighted by molar-refractivity contribution is 0.0408. The van der Waals surface area contributed by atoms with Crippen molar-refractivity contribution in [2.75, 3.05) is 34.4 Å². The second kappa shape index (κ2) is 8.72. The van der Waals surface area contributed by atoms with Crippen molar-refractivity contribution < 1.29 is 9.47 Å². The lowest BCUT2D eigenvalue weighted by Gasteiger charge is -2.45. The van der Waals surface area contributed by atoms with Crippen LogP contribution in [0.4, 0.5) is 0 Å². The number of nitrogens with zero attached hydrogens (tertiary/aromatic N) is 2. The summed E-state index contributed by atoms with van der Waals surface area (Å²) in [5, 5.41) is 0. The first-order chi connectivity index (χ1) is 11.5. The van der Waals surface area contributed by atoms with Crippen LogP contribution in [0.2, 0.25) is 0 Å². The highest BCUT2D eigenvalue weighted by molar-refractivity contribution is 5.42. The molecular formula is C20H34N2O2. The van der Waals surface area contributed by atoms with E-state index in [2.05, 4.69) is 49.8 Å². The molecule has 0 saturated carbocycles. The van der Waals surface area contributed by atoms with Crippen LogP contribution >= 0.6 is 0 Å². The first-order valence-electron chi connectivity index (χ1n) is 9.15. The summed E-state index contributed by atoms with van der Waals surface area (Å²) in [5.41, 5.74) is 1.27. The molecule has 0 amide bonds. The van der Waals surface area contributed by atoms with Crippen LogP contribution in [0.1, 0.15) is 39.2 Å². The van der Waals surface area contributed by atoms with Gasteiger partial charge in [-0.25, -0.2) is 0 Å². The molecule has 1 aromatic carbocycles. The van der Waals surface area contributed by atoms with Gasteiger partial charge in [0, 0.05) is 25.2 Å². The van der Waals surface area contributed by atoms with Crippen molar-refractivity contribution >= 4 is 0 Å². The lowest BCUT2D eigenvalue weighted by Crippen LogP contribution is -2.52. The van der Waals surface area contributed by atoms with Gasteiger partial charge in [0.2, 0.25) is 0 Å². The van der Waals surface area contributed by atoms with E-state index >= 15 is 0 Å². The Bertz CT molecular complexity index is 520. The standard InChI is InChI=1S/C20H34N2O2/c1-7-10-22-13-15(2)18(11-16(22)3)21(4)14-17-8-9-19(23-5)20(12-17)24-6/h8-9,12,15-16,18H,7,10-11,13-14H2,1-6H3. The number of methoxy groups -OCH3 is 2. The van der Waals surface area contributed by atoms with E-state index in [1.54, 1.807) is 14.2 Å². The van der Waals surface area contributed by atoms with Gasteiger partial charge in [0.05, 0.1) is 14.2 Å². The van der Waals surface area contributed by atoms with Gasteiger partial charge in [0.1, 0.15) is 0 Å². The van der Waals surface area contributed by atoms with Crippen LogP contribution in [0.15, 0.2) is 18.2 Å². The molecule has 1 fully saturated rings. The Balaban J connectivity index is 2.03. The summed E-state index contributed by atoms with van der Waals surface area (Å²) in [7, 11) is 5.62. The Labute approximate surface area is 147 Å². The van der Waals surface area contributed by atoms with Crippen molar-refractivity contribution in [3.63, 3.8) is 0 Å². The van der Waals surface area contributed by atoms with E-state index in [0.717, 1.165) is 18.0 Å². The van der Waals surface area contributed by atoms with Crippen LogP contribution in [0.25, 0.3) is 0 Å². The average Bonchev–Trinajstić information content (AvgIpc) is 2.57. The van der Waals surface area contributed by atoms with Crippen LogP contribution in [0, 0.1) is 5.92 Å². The highest BCUT2D eigenvalue weighted by Crippen LogP contribution is 2.30. The highest BCUT2D eigenvalue weighted by Gasteiger charge is 2.32. The molecule has 0 radical (unpaired) electrons. The van der Waals surface area contributed by atoms with Gasteiger partial charge in [-0.2, -0.15) is 0 Å². The van der Waals surface area contributed by atoms with Gasteiger partial charge in [-0.3, -0.25) is 4.90 Å². The summed E-state index contributed by atoms with van der Waals surface area (Å²) in [6, 6.07) is 7.52. The SMILES string of the molecule is CCCN1CC(C)C(N(C)Cc2ccc(OC)c(OC)c2)CC1C. The first-order valence-corrected chi connectivity index (χ1v) is 9.15. The van der Waals surface area contributed by atoms with Crippen molar-refractivity contribution in [1.82, 2.24) is 9.80 Å². The van der Waals surface area contributed by atoms with Crippen molar-refractivity contribution in [1.29, 1.82) is 0 Å². The topological polar surface area (TPSA) is 24.9 Å². The molecular weight excluding hydrogens is 300 g/mol. The second-order valence-electron chi connectivity index (χ2n) is 7.23. The molecule has 4 heteroatoms. The quantitative estimate of drug-likeness (QED) is 0.760. The molecule has 1 saturated heterocycles. The van der Waals surface area contributed by atoms with Crippen LogP contribution < -0.4 is 9.47 Å². The summed E-state index contributed by atoms with van der Waals surface area (Å²) < 4.78 is 10.8. The molecule has 0 bridgehead atoms. The highest BCUT2D eigenvalue weighted by atomic mass is 16.5. The second-order valence-corrected chi connectivity index (χ2v) is 7.23. The summed E-state index contributed by atoms with van der Waals surface area (Å²) >= 11 is 0. The number of hydrogen-bond acceptors (Lipinski definition) is 4. The van der Waals surface area contributed by atoms with E-state index in [0.29, 0.717) is 18.0 Å². The van der Waals surface area contributed by atoms with Gasteiger partial charge in [-0.15, -0.1) is 0 Å². The third-order valence-electron chi connectivity index (χ3n) is 5.34. The normalized spacial score (nSPS) is 25.0. The molecule has 136 valence electrons. The van der Waals surface area contributed by atoms with E-state index in [1.165, 1.54) is 31.5 Å². The fourth-order valence-electron chi connectivity index (χ4n) is 4.00. The van der Waals surface area contributed by atoms with Gasteiger partial charge in [0.15, 0.2) is 11.5 Å². The first kappa shape index (κ1) is 19.1. The molecule has 4 nitrogen and oxygen atoms in total.